The Bertz CT molecular complexity index is 1460. The first-order chi connectivity index (χ1) is 24.0. The van der Waals surface area contributed by atoms with E-state index in [1.807, 2.05) is 6.08 Å². The normalized spacial score (nSPS) is 22.5. The molecule has 0 bridgehead atoms. The Hall–Kier alpha value is -2.03. The van der Waals surface area contributed by atoms with Crippen molar-refractivity contribution >= 4 is 7.82 Å². The predicted octanol–water partition coefficient (Wildman–Crippen LogP) is 14.2. The molecule has 0 N–H and O–H groups in total. The molecule has 5 rings (SSSR count). The van der Waals surface area contributed by atoms with Gasteiger partial charge >= 0.3 is 7.82 Å². The Balaban J connectivity index is 1.66. The largest absolute Gasteiger partial charge is 0.587 e. The topological polar surface area (TPSA) is 44.8 Å². The molecule has 2 aromatic rings. The van der Waals surface area contributed by atoms with E-state index in [1.54, 1.807) is 0 Å². The molecule has 1 heterocycles. The van der Waals surface area contributed by atoms with E-state index in [4.69, 9.17) is 13.6 Å². The Morgan fingerprint density at radius 3 is 1.96 bits per heavy atom. The molecule has 278 valence electrons. The summed E-state index contributed by atoms with van der Waals surface area (Å²) in [4.78, 5) is 0. The second-order valence-corrected chi connectivity index (χ2v) is 18.5. The third-order valence-corrected chi connectivity index (χ3v) is 13.7. The van der Waals surface area contributed by atoms with Crippen molar-refractivity contribution in [1.29, 1.82) is 0 Å². The van der Waals surface area contributed by atoms with Crippen LogP contribution in [0.2, 0.25) is 0 Å². The molecule has 50 heavy (non-hydrogen) atoms. The fourth-order valence-corrected chi connectivity index (χ4v) is 10.7. The molecule has 2 fully saturated rings. The Labute approximate surface area is 306 Å². The lowest BCUT2D eigenvalue weighted by Gasteiger charge is -2.39. The van der Waals surface area contributed by atoms with E-state index in [0.717, 1.165) is 74.0 Å². The van der Waals surface area contributed by atoms with Gasteiger partial charge in [0, 0.05) is 17.5 Å². The zero-order valence-electron chi connectivity index (χ0n) is 32.7. The lowest BCUT2D eigenvalue weighted by atomic mass is 9.69. The van der Waals surface area contributed by atoms with E-state index in [9.17, 15) is 0 Å². The highest BCUT2D eigenvalue weighted by atomic mass is 31.2. The third-order valence-electron chi connectivity index (χ3n) is 12.4. The Morgan fingerprint density at radius 2 is 1.38 bits per heavy atom. The molecule has 3 unspecified atom stereocenters. The molecule has 0 amide bonds. The van der Waals surface area contributed by atoms with E-state index in [1.165, 1.54) is 92.9 Å². The van der Waals surface area contributed by atoms with Crippen LogP contribution >= 0.6 is 7.82 Å². The van der Waals surface area contributed by atoms with Gasteiger partial charge in [-0.05, 0) is 91.7 Å². The van der Waals surface area contributed by atoms with Gasteiger partial charge in [0.25, 0.3) is 0 Å². The number of phosphoric ester groups is 1. The summed E-state index contributed by atoms with van der Waals surface area (Å²) in [6, 6.07) is 9.36. The number of rotatable bonds is 16. The first kappa shape index (κ1) is 39.2. The monoisotopic (exact) mass is 704 g/mol. The number of aryl methyl sites for hydroxylation is 2. The molecule has 0 saturated heterocycles. The van der Waals surface area contributed by atoms with Crippen LogP contribution in [0.4, 0.5) is 0 Å². The average Bonchev–Trinajstić information content (AvgIpc) is 3.08. The van der Waals surface area contributed by atoms with Gasteiger partial charge in [0.1, 0.15) is 11.5 Å². The quantitative estimate of drug-likeness (QED) is 0.0991. The maximum absolute atomic E-state index is 15.5. The smallest absolute Gasteiger partial charge is 0.394 e. The van der Waals surface area contributed by atoms with Crippen LogP contribution in [0.5, 0.6) is 11.5 Å². The van der Waals surface area contributed by atoms with Gasteiger partial charge in [-0.1, -0.05) is 148 Å². The van der Waals surface area contributed by atoms with Crippen molar-refractivity contribution in [2.24, 2.45) is 5.92 Å². The van der Waals surface area contributed by atoms with Crippen LogP contribution in [0, 0.1) is 12.8 Å². The minimum atomic E-state index is -4.12. The molecule has 4 nitrogen and oxygen atoms in total. The molecule has 3 aliphatic rings. The summed E-state index contributed by atoms with van der Waals surface area (Å²) in [5.74, 6) is 2.19. The van der Waals surface area contributed by atoms with Crippen LogP contribution in [0.1, 0.15) is 190 Å². The second-order valence-electron chi connectivity index (χ2n) is 17.0. The van der Waals surface area contributed by atoms with E-state index < -0.39 is 7.82 Å². The lowest BCUT2D eigenvalue weighted by molar-refractivity contribution is 0.132. The van der Waals surface area contributed by atoms with Gasteiger partial charge in [-0.3, -0.25) is 4.52 Å². The van der Waals surface area contributed by atoms with Crippen LogP contribution in [0.3, 0.4) is 0 Å². The van der Waals surface area contributed by atoms with Crippen molar-refractivity contribution in [3.63, 3.8) is 0 Å². The first-order valence-electron chi connectivity index (χ1n) is 20.6. The van der Waals surface area contributed by atoms with Crippen LogP contribution in [-0.2, 0) is 32.8 Å². The molecular weight excluding hydrogens is 635 g/mol. The average molecular weight is 705 g/mol. The summed E-state index contributed by atoms with van der Waals surface area (Å²) >= 11 is 0. The van der Waals surface area contributed by atoms with Gasteiger partial charge in [0.2, 0.25) is 0 Å². The van der Waals surface area contributed by atoms with Crippen LogP contribution in [0.25, 0.3) is 0 Å². The van der Waals surface area contributed by atoms with Gasteiger partial charge in [-0.15, -0.1) is 6.58 Å². The number of benzene rings is 2. The van der Waals surface area contributed by atoms with E-state index >= 15 is 4.57 Å². The highest BCUT2D eigenvalue weighted by Gasteiger charge is 2.43. The van der Waals surface area contributed by atoms with Gasteiger partial charge < -0.3 is 9.05 Å². The Kier molecular flexibility index (Phi) is 13.8. The maximum atomic E-state index is 15.5. The van der Waals surface area contributed by atoms with Gasteiger partial charge in [0.15, 0.2) is 0 Å². The van der Waals surface area contributed by atoms with Crippen molar-refractivity contribution in [1.82, 2.24) is 0 Å². The maximum Gasteiger partial charge on any atom is 0.587 e. The zero-order chi connectivity index (χ0) is 35.8. The van der Waals surface area contributed by atoms with Crippen molar-refractivity contribution in [3.05, 3.63) is 70.3 Å². The van der Waals surface area contributed by atoms with Crippen molar-refractivity contribution in [3.8, 4) is 11.5 Å². The van der Waals surface area contributed by atoms with E-state index in [0.29, 0.717) is 18.8 Å². The minimum Gasteiger partial charge on any atom is -0.394 e. The summed E-state index contributed by atoms with van der Waals surface area (Å²) in [6.45, 7) is 17.9. The molecule has 2 aliphatic carbocycles. The number of phosphoric acid groups is 1. The first-order valence-corrected chi connectivity index (χ1v) is 22.1. The number of hydrogen-bond donors (Lipinski definition) is 0. The zero-order valence-corrected chi connectivity index (χ0v) is 33.6. The second kappa shape index (κ2) is 17.7. The molecule has 0 radical (unpaired) electrons. The standard InChI is InChI=1S/C45H69O4P/c1-8-11-15-21-34(4)23-24-36-31-38-33-37-29-35(5)30-40(44(6)25-16-13-17-26-44)42(37)48-50(46,47-39(20-10-3)22-12-9-2)49-43(38)41(32-36)45(7)27-18-14-19-28-45/h10,29-32,34,39H,3,8-9,11-28,33H2,1-2,4-7H3. The lowest BCUT2D eigenvalue weighted by Crippen LogP contribution is -2.29. The highest BCUT2D eigenvalue weighted by Crippen LogP contribution is 2.59. The molecule has 0 spiro atoms. The van der Waals surface area contributed by atoms with Crippen molar-refractivity contribution in [2.45, 2.75) is 193 Å². The molecule has 5 heteroatoms. The van der Waals surface area contributed by atoms with Gasteiger partial charge in [0.05, 0.1) is 6.10 Å². The van der Waals surface area contributed by atoms with Gasteiger partial charge in [-0.25, -0.2) is 4.57 Å². The summed E-state index contributed by atoms with van der Waals surface area (Å²) in [7, 11) is -4.12. The van der Waals surface area contributed by atoms with Crippen LogP contribution in [-0.4, -0.2) is 6.10 Å². The van der Waals surface area contributed by atoms with E-state index in [2.05, 4.69) is 72.4 Å². The summed E-state index contributed by atoms with van der Waals surface area (Å²) < 4.78 is 35.9. The highest BCUT2D eigenvalue weighted by molar-refractivity contribution is 7.49. The molecule has 1 aliphatic heterocycles. The molecule has 2 saturated carbocycles. The molecule has 0 aromatic heterocycles. The van der Waals surface area contributed by atoms with Crippen LogP contribution in [0.15, 0.2) is 36.9 Å². The number of hydrogen-bond acceptors (Lipinski definition) is 4. The predicted molar refractivity (Wildman–Crippen MR) is 211 cm³/mol. The van der Waals surface area contributed by atoms with Crippen molar-refractivity contribution in [2.75, 3.05) is 0 Å². The SMILES string of the molecule is C=CCC(CCCC)OP1(=O)Oc2c(cc(C)cc2C2(C)CCCCC2)Cc2cc(CCC(C)CCCCC)cc(C3(C)CCCCC3)c2O1. The fraction of sp³-hybridized carbons (Fsp3) is 0.689. The van der Waals surface area contributed by atoms with Crippen LogP contribution < -0.4 is 9.05 Å². The van der Waals surface area contributed by atoms with Gasteiger partial charge in [-0.2, -0.15) is 0 Å². The Morgan fingerprint density at radius 1 is 0.800 bits per heavy atom. The van der Waals surface area contributed by atoms with E-state index in [-0.39, 0.29) is 16.9 Å². The van der Waals surface area contributed by atoms with Crippen molar-refractivity contribution < 1.29 is 18.1 Å². The molecular formula is C45H69O4P. The molecule has 2 aromatic carbocycles. The minimum absolute atomic E-state index is 0.0412. The number of fused-ring (bicyclic) bond motifs is 2. The summed E-state index contributed by atoms with van der Waals surface area (Å²) in [5.41, 5.74) is 7.16. The summed E-state index contributed by atoms with van der Waals surface area (Å²) in [5, 5.41) is 0. The number of unbranched alkanes of at least 4 members (excludes halogenated alkanes) is 3. The summed E-state index contributed by atoms with van der Waals surface area (Å²) in [6.07, 6.45) is 24.9. The molecule has 3 atom stereocenters. The fourth-order valence-electron chi connectivity index (χ4n) is 9.13. The third kappa shape index (κ3) is 9.69.